The number of hydrogen-bond acceptors (Lipinski definition) is 3. The van der Waals surface area contributed by atoms with Crippen LogP contribution in [0.5, 0.6) is 0 Å². The average molecular weight is 331 g/mol. The molecule has 0 saturated heterocycles. The summed E-state index contributed by atoms with van der Waals surface area (Å²) in [7, 11) is 1.36. The summed E-state index contributed by atoms with van der Waals surface area (Å²) in [4.78, 5) is 15.8. The van der Waals surface area contributed by atoms with Crippen molar-refractivity contribution < 1.29 is 23.1 Å². The lowest BCUT2D eigenvalue weighted by molar-refractivity contribution is -0.271. The molecule has 8 heteroatoms. The van der Waals surface area contributed by atoms with Crippen molar-refractivity contribution in [1.82, 2.24) is 14.9 Å². The molecule has 2 N–H and O–H groups in total. The van der Waals surface area contributed by atoms with Crippen LogP contribution < -0.4 is 5.32 Å². The molecule has 0 spiro atoms. The lowest BCUT2D eigenvalue weighted by Crippen LogP contribution is -2.49. The van der Waals surface area contributed by atoms with E-state index in [2.05, 4.69) is 10.3 Å². The summed E-state index contributed by atoms with van der Waals surface area (Å²) < 4.78 is 41.3. The van der Waals surface area contributed by atoms with E-state index in [1.165, 1.54) is 19.4 Å². The predicted molar refractivity (Wildman–Crippen MR) is 75.2 cm³/mol. The first kappa shape index (κ1) is 16.3. The van der Waals surface area contributed by atoms with Crippen LogP contribution in [0.15, 0.2) is 12.4 Å². The predicted octanol–water partition coefficient (Wildman–Crippen LogP) is 1.86. The van der Waals surface area contributed by atoms with Gasteiger partial charge in [-0.05, 0) is 37.5 Å². The minimum Gasteiger partial charge on any atom is -0.374 e. The first-order valence-corrected chi connectivity index (χ1v) is 7.78. The summed E-state index contributed by atoms with van der Waals surface area (Å²) in [6.45, 7) is 0. The van der Waals surface area contributed by atoms with Gasteiger partial charge in [0, 0.05) is 25.5 Å². The van der Waals surface area contributed by atoms with Crippen molar-refractivity contribution in [2.75, 3.05) is 0 Å². The van der Waals surface area contributed by atoms with E-state index in [4.69, 9.17) is 0 Å². The van der Waals surface area contributed by atoms with Gasteiger partial charge in [-0.15, -0.1) is 0 Å². The van der Waals surface area contributed by atoms with Crippen molar-refractivity contribution in [3.8, 4) is 0 Å². The van der Waals surface area contributed by atoms with Crippen LogP contribution in [0.3, 0.4) is 0 Å². The molecule has 1 amide bonds. The van der Waals surface area contributed by atoms with E-state index in [9.17, 15) is 23.1 Å². The molecule has 1 heterocycles. The second-order valence-corrected chi connectivity index (χ2v) is 6.66. The fraction of sp³-hybridized carbons (Fsp3) is 0.733. The van der Waals surface area contributed by atoms with Gasteiger partial charge in [0.25, 0.3) is 0 Å². The normalized spacial score (nSPS) is 21.3. The second kappa shape index (κ2) is 5.51. The van der Waals surface area contributed by atoms with Gasteiger partial charge in [0.15, 0.2) is 5.82 Å². The Bertz CT molecular complexity index is 581. The summed E-state index contributed by atoms with van der Waals surface area (Å²) in [5.74, 6) is -0.608. The minimum atomic E-state index is -4.99. The third kappa shape index (κ3) is 3.22. The molecule has 5 nitrogen and oxygen atoms in total. The molecule has 0 aliphatic heterocycles. The molecule has 1 aromatic heterocycles. The Balaban J connectivity index is 1.76. The summed E-state index contributed by atoms with van der Waals surface area (Å²) in [6, 6.07) is -0.0543. The van der Waals surface area contributed by atoms with Crippen molar-refractivity contribution in [1.29, 1.82) is 0 Å². The number of rotatable bonds is 6. The van der Waals surface area contributed by atoms with Crippen LogP contribution in [0.1, 0.15) is 37.9 Å². The highest BCUT2D eigenvalue weighted by Gasteiger charge is 2.59. The fourth-order valence-electron chi connectivity index (χ4n) is 3.07. The molecule has 2 aliphatic rings. The standard InChI is InChI=1S/C15H20F3N3O2/c1-21-7-6-19-13(21)14(23,15(16,17)18)8-11(22)20-12(9-2-3-9)10-4-5-10/h6-7,9-10,12,23H,2-5,8H2,1H3,(H,20,22). The molecule has 2 saturated carbocycles. The first-order valence-electron chi connectivity index (χ1n) is 7.78. The van der Waals surface area contributed by atoms with E-state index in [0.29, 0.717) is 11.8 Å². The highest BCUT2D eigenvalue weighted by molar-refractivity contribution is 5.77. The zero-order chi connectivity index (χ0) is 16.8. The maximum Gasteiger partial charge on any atom is 0.425 e. The maximum atomic E-state index is 13.4. The molecule has 0 aromatic carbocycles. The summed E-state index contributed by atoms with van der Waals surface area (Å²) in [6.07, 6.45) is 0.432. The number of aryl methyl sites for hydroxylation is 1. The highest BCUT2D eigenvalue weighted by atomic mass is 19.4. The van der Waals surface area contributed by atoms with Crippen molar-refractivity contribution >= 4 is 5.91 Å². The van der Waals surface area contributed by atoms with Crippen LogP contribution in [-0.2, 0) is 17.4 Å². The maximum absolute atomic E-state index is 13.4. The number of carbonyl (C=O) groups is 1. The number of alkyl halides is 3. The summed E-state index contributed by atoms with van der Waals surface area (Å²) in [5.41, 5.74) is -3.28. The largest absolute Gasteiger partial charge is 0.425 e. The van der Waals surface area contributed by atoms with E-state index >= 15 is 0 Å². The zero-order valence-corrected chi connectivity index (χ0v) is 12.8. The fourth-order valence-corrected chi connectivity index (χ4v) is 3.07. The molecule has 0 bridgehead atoms. The Labute approximate surface area is 131 Å². The Morgan fingerprint density at radius 2 is 1.96 bits per heavy atom. The van der Waals surface area contributed by atoms with Gasteiger partial charge in [-0.1, -0.05) is 0 Å². The molecule has 0 radical (unpaired) electrons. The number of nitrogens with one attached hydrogen (secondary N) is 1. The van der Waals surface area contributed by atoms with Crippen molar-refractivity contribution in [3.05, 3.63) is 18.2 Å². The van der Waals surface area contributed by atoms with Gasteiger partial charge in [-0.25, -0.2) is 4.98 Å². The van der Waals surface area contributed by atoms with Crippen molar-refractivity contribution in [2.24, 2.45) is 18.9 Å². The third-order valence-electron chi connectivity index (χ3n) is 4.66. The van der Waals surface area contributed by atoms with Gasteiger partial charge < -0.3 is 15.0 Å². The Kier molecular flexibility index (Phi) is 3.90. The Hall–Kier alpha value is -1.57. The number of aromatic nitrogens is 2. The number of carbonyl (C=O) groups excluding carboxylic acids is 1. The van der Waals surface area contributed by atoms with E-state index in [-0.39, 0.29) is 6.04 Å². The Morgan fingerprint density at radius 3 is 2.35 bits per heavy atom. The van der Waals surface area contributed by atoms with Gasteiger partial charge in [0.2, 0.25) is 11.5 Å². The third-order valence-corrected chi connectivity index (χ3v) is 4.66. The van der Waals surface area contributed by atoms with Gasteiger partial charge in [-0.3, -0.25) is 4.79 Å². The number of nitrogens with zero attached hydrogens (tertiary/aromatic N) is 2. The number of hydrogen-bond donors (Lipinski definition) is 2. The van der Waals surface area contributed by atoms with Crippen molar-refractivity contribution in [3.63, 3.8) is 0 Å². The molecular weight excluding hydrogens is 311 g/mol. The van der Waals surface area contributed by atoms with Crippen molar-refractivity contribution in [2.45, 2.75) is 49.9 Å². The van der Waals surface area contributed by atoms with E-state index < -0.39 is 29.9 Å². The monoisotopic (exact) mass is 331 g/mol. The number of halogens is 3. The van der Waals surface area contributed by atoms with E-state index in [1.807, 2.05) is 0 Å². The number of amides is 1. The zero-order valence-electron chi connectivity index (χ0n) is 12.8. The molecule has 2 aliphatic carbocycles. The molecule has 1 aromatic rings. The average Bonchev–Trinajstić information content (AvgIpc) is 3.33. The molecule has 128 valence electrons. The van der Waals surface area contributed by atoms with Gasteiger partial charge in [0.05, 0.1) is 6.42 Å². The number of aliphatic hydroxyl groups is 1. The topological polar surface area (TPSA) is 67.1 Å². The van der Waals surface area contributed by atoms with Crippen LogP contribution in [0.4, 0.5) is 13.2 Å². The minimum absolute atomic E-state index is 0.0543. The first-order chi connectivity index (χ1) is 10.7. The molecule has 1 unspecified atom stereocenters. The van der Waals surface area contributed by atoms with Crippen LogP contribution in [-0.4, -0.2) is 32.8 Å². The molecule has 23 heavy (non-hydrogen) atoms. The lowest BCUT2D eigenvalue weighted by Gasteiger charge is -2.30. The summed E-state index contributed by atoms with van der Waals surface area (Å²) >= 11 is 0. The van der Waals surface area contributed by atoms with Crippen LogP contribution in [0.2, 0.25) is 0 Å². The van der Waals surface area contributed by atoms with Gasteiger partial charge >= 0.3 is 6.18 Å². The Morgan fingerprint density at radius 1 is 1.39 bits per heavy atom. The quantitative estimate of drug-likeness (QED) is 0.836. The van der Waals surface area contributed by atoms with Crippen LogP contribution in [0, 0.1) is 11.8 Å². The lowest BCUT2D eigenvalue weighted by atomic mass is 9.96. The molecular formula is C15H20F3N3O2. The highest BCUT2D eigenvalue weighted by Crippen LogP contribution is 2.45. The van der Waals surface area contributed by atoms with Gasteiger partial charge in [0.1, 0.15) is 0 Å². The van der Waals surface area contributed by atoms with E-state index in [1.54, 1.807) is 0 Å². The smallest absolute Gasteiger partial charge is 0.374 e. The molecule has 1 atom stereocenters. The summed E-state index contributed by atoms with van der Waals surface area (Å²) in [5, 5.41) is 12.9. The SMILES string of the molecule is Cn1ccnc1C(O)(CC(=O)NC(C1CC1)C1CC1)C(F)(F)F. The molecule has 3 rings (SSSR count). The molecule has 2 fully saturated rings. The van der Waals surface area contributed by atoms with Crippen LogP contribution >= 0.6 is 0 Å². The second-order valence-electron chi connectivity index (χ2n) is 6.66. The number of imidazole rings is 1. The van der Waals surface area contributed by atoms with Gasteiger partial charge in [-0.2, -0.15) is 13.2 Å². The van der Waals surface area contributed by atoms with E-state index in [0.717, 1.165) is 30.3 Å². The van der Waals surface area contributed by atoms with Crippen LogP contribution in [0.25, 0.3) is 0 Å².